The van der Waals surface area contributed by atoms with Gasteiger partial charge in [-0.25, -0.2) is 13.8 Å². The highest BCUT2D eigenvalue weighted by atomic mass is 127. The average molecular weight is 353 g/mol. The molecule has 90 valence electrons. The Balaban J connectivity index is 3.17. The van der Waals surface area contributed by atoms with E-state index in [0.29, 0.717) is 0 Å². The zero-order valence-corrected chi connectivity index (χ0v) is 9.94. The Kier molecular flexibility index (Phi) is 3.92. The smallest absolute Gasteiger partial charge is 0.388 e. The van der Waals surface area contributed by atoms with E-state index in [-0.39, 0.29) is 9.13 Å². The van der Waals surface area contributed by atoms with E-state index in [1.807, 2.05) is 0 Å². The molecule has 0 amide bonds. The summed E-state index contributed by atoms with van der Waals surface area (Å²) in [7, 11) is 0. The molecule has 1 heterocycles. The molecule has 0 N–H and O–H groups in total. The highest BCUT2D eigenvalue weighted by Crippen LogP contribution is 2.30. The first-order valence-corrected chi connectivity index (χ1v) is 4.99. The molecule has 0 saturated heterocycles. The minimum atomic E-state index is -4.94. The van der Waals surface area contributed by atoms with E-state index in [4.69, 9.17) is 0 Å². The van der Waals surface area contributed by atoms with Gasteiger partial charge in [-0.1, -0.05) is 0 Å². The molecular weight excluding hydrogens is 348 g/mol. The standard InChI is InChI=1S/C8H5F5INO/c1-3-4(14)2-5(6(9)10)15-7(3)16-8(11,12)13/h2,6H,1H3. The van der Waals surface area contributed by atoms with Gasteiger partial charge in [-0.05, 0) is 35.6 Å². The fraction of sp³-hybridized carbons (Fsp3) is 0.375. The first kappa shape index (κ1) is 13.4. The van der Waals surface area contributed by atoms with Gasteiger partial charge >= 0.3 is 6.36 Å². The summed E-state index contributed by atoms with van der Waals surface area (Å²) in [5.74, 6) is -0.838. The van der Waals surface area contributed by atoms with Crippen LogP contribution in [0.3, 0.4) is 0 Å². The third-order valence-electron chi connectivity index (χ3n) is 1.62. The highest BCUT2D eigenvalue weighted by Gasteiger charge is 2.33. The molecule has 0 aromatic carbocycles. The van der Waals surface area contributed by atoms with Gasteiger partial charge in [0.15, 0.2) is 0 Å². The van der Waals surface area contributed by atoms with Crippen molar-refractivity contribution in [2.24, 2.45) is 0 Å². The van der Waals surface area contributed by atoms with Crippen molar-refractivity contribution in [1.29, 1.82) is 0 Å². The molecule has 1 aromatic rings. The lowest BCUT2D eigenvalue weighted by atomic mass is 10.2. The molecule has 0 aliphatic heterocycles. The average Bonchev–Trinajstić information content (AvgIpc) is 2.10. The monoisotopic (exact) mass is 353 g/mol. The van der Waals surface area contributed by atoms with Crippen LogP contribution in [0.15, 0.2) is 6.07 Å². The third-order valence-corrected chi connectivity index (χ3v) is 2.74. The second kappa shape index (κ2) is 4.68. The molecule has 0 aliphatic rings. The lowest BCUT2D eigenvalue weighted by Gasteiger charge is -2.12. The molecule has 0 radical (unpaired) electrons. The number of hydrogen-bond acceptors (Lipinski definition) is 2. The van der Waals surface area contributed by atoms with Gasteiger partial charge in [0, 0.05) is 9.13 Å². The first-order chi connectivity index (χ1) is 7.20. The number of ether oxygens (including phenoxy) is 1. The minimum absolute atomic E-state index is 0.0716. The Hall–Kier alpha value is -0.670. The van der Waals surface area contributed by atoms with Crippen molar-refractivity contribution >= 4 is 22.6 Å². The maximum Gasteiger partial charge on any atom is 0.574 e. The van der Waals surface area contributed by atoms with Crippen LogP contribution in [0.5, 0.6) is 5.88 Å². The molecule has 0 atom stereocenters. The van der Waals surface area contributed by atoms with Gasteiger partial charge in [-0.2, -0.15) is 0 Å². The van der Waals surface area contributed by atoms with Crippen LogP contribution in [0, 0.1) is 10.5 Å². The number of halogens is 6. The third kappa shape index (κ3) is 3.42. The number of hydrogen-bond donors (Lipinski definition) is 0. The van der Waals surface area contributed by atoms with Gasteiger partial charge in [0.1, 0.15) is 5.69 Å². The second-order valence-electron chi connectivity index (χ2n) is 2.81. The number of aromatic nitrogens is 1. The lowest BCUT2D eigenvalue weighted by Crippen LogP contribution is -2.19. The molecular formula is C8H5F5INO. The number of alkyl halides is 5. The molecule has 2 nitrogen and oxygen atoms in total. The van der Waals surface area contributed by atoms with Gasteiger partial charge in [0.25, 0.3) is 6.43 Å². The van der Waals surface area contributed by atoms with E-state index in [0.717, 1.165) is 6.07 Å². The maximum atomic E-state index is 12.3. The summed E-state index contributed by atoms with van der Waals surface area (Å²) in [6.07, 6.45) is -7.88. The van der Waals surface area contributed by atoms with Gasteiger partial charge in [-0.3, -0.25) is 0 Å². The molecule has 0 fully saturated rings. The quantitative estimate of drug-likeness (QED) is 0.596. The van der Waals surface area contributed by atoms with E-state index in [2.05, 4.69) is 9.72 Å². The molecule has 1 rings (SSSR count). The minimum Gasteiger partial charge on any atom is -0.388 e. The molecule has 0 aliphatic carbocycles. The van der Waals surface area contributed by atoms with Crippen molar-refractivity contribution in [3.8, 4) is 5.88 Å². The predicted molar refractivity (Wildman–Crippen MR) is 53.3 cm³/mol. The van der Waals surface area contributed by atoms with Crippen molar-refractivity contribution < 1.29 is 26.7 Å². The zero-order valence-electron chi connectivity index (χ0n) is 7.78. The van der Waals surface area contributed by atoms with Gasteiger partial charge in [0.05, 0.1) is 0 Å². The molecule has 0 unspecified atom stereocenters. The van der Waals surface area contributed by atoms with Gasteiger partial charge < -0.3 is 4.74 Å². The van der Waals surface area contributed by atoms with Crippen LogP contribution in [0.25, 0.3) is 0 Å². The Labute approximate surface area is 101 Å². The lowest BCUT2D eigenvalue weighted by molar-refractivity contribution is -0.276. The van der Waals surface area contributed by atoms with Crippen LogP contribution in [0.1, 0.15) is 17.7 Å². The molecule has 1 aromatic heterocycles. The molecule has 16 heavy (non-hydrogen) atoms. The molecule has 8 heteroatoms. The molecule has 0 saturated carbocycles. The highest BCUT2D eigenvalue weighted by molar-refractivity contribution is 14.1. The molecule has 0 spiro atoms. The topological polar surface area (TPSA) is 22.1 Å². The largest absolute Gasteiger partial charge is 0.574 e. The van der Waals surface area contributed by atoms with Gasteiger partial charge in [0.2, 0.25) is 5.88 Å². The Morgan fingerprint density at radius 3 is 2.38 bits per heavy atom. The van der Waals surface area contributed by atoms with Gasteiger partial charge in [-0.15, -0.1) is 13.2 Å². The SMILES string of the molecule is Cc1c(I)cc(C(F)F)nc1OC(F)(F)F. The van der Waals surface area contributed by atoms with E-state index in [1.54, 1.807) is 22.6 Å². The van der Waals surface area contributed by atoms with Crippen LogP contribution in [0.4, 0.5) is 22.0 Å². The summed E-state index contributed by atoms with van der Waals surface area (Å²) >= 11 is 1.64. The van der Waals surface area contributed by atoms with Crippen molar-refractivity contribution in [2.75, 3.05) is 0 Å². The van der Waals surface area contributed by atoms with E-state index in [1.165, 1.54) is 6.92 Å². The van der Waals surface area contributed by atoms with Crippen molar-refractivity contribution in [3.05, 3.63) is 20.9 Å². The summed E-state index contributed by atoms with van der Waals surface area (Å²) in [5.41, 5.74) is -0.670. The van der Waals surface area contributed by atoms with Crippen LogP contribution >= 0.6 is 22.6 Å². The summed E-state index contributed by atoms with van der Waals surface area (Å²) in [6, 6.07) is 1.02. The Bertz CT molecular complexity index is 393. The van der Waals surface area contributed by atoms with E-state index in [9.17, 15) is 22.0 Å². The van der Waals surface area contributed by atoms with E-state index >= 15 is 0 Å². The van der Waals surface area contributed by atoms with Crippen LogP contribution in [0.2, 0.25) is 0 Å². The fourth-order valence-corrected chi connectivity index (χ4v) is 1.44. The van der Waals surface area contributed by atoms with Crippen molar-refractivity contribution in [1.82, 2.24) is 4.98 Å². The summed E-state index contributed by atoms with van der Waals surface area (Å²) < 4.78 is 64.2. The number of pyridine rings is 1. The van der Waals surface area contributed by atoms with Crippen LogP contribution in [-0.2, 0) is 0 Å². The molecule has 0 bridgehead atoms. The Morgan fingerprint density at radius 2 is 1.94 bits per heavy atom. The van der Waals surface area contributed by atoms with E-state index < -0.39 is 24.4 Å². The fourth-order valence-electron chi connectivity index (χ4n) is 0.894. The number of rotatable bonds is 2. The van der Waals surface area contributed by atoms with Crippen molar-refractivity contribution in [3.63, 3.8) is 0 Å². The first-order valence-electron chi connectivity index (χ1n) is 3.91. The number of nitrogens with zero attached hydrogens (tertiary/aromatic N) is 1. The van der Waals surface area contributed by atoms with Crippen molar-refractivity contribution in [2.45, 2.75) is 19.7 Å². The maximum absolute atomic E-state index is 12.3. The van der Waals surface area contributed by atoms with Crippen LogP contribution < -0.4 is 4.74 Å². The normalized spacial score (nSPS) is 12.0. The zero-order chi connectivity index (χ0) is 12.5. The second-order valence-corrected chi connectivity index (χ2v) is 3.97. The van der Waals surface area contributed by atoms with Crippen LogP contribution in [-0.4, -0.2) is 11.3 Å². The predicted octanol–water partition coefficient (Wildman–Crippen LogP) is 3.83. The summed E-state index contributed by atoms with van der Waals surface area (Å²) in [6.45, 7) is 1.31. The summed E-state index contributed by atoms with van der Waals surface area (Å²) in [5, 5.41) is 0. The summed E-state index contributed by atoms with van der Waals surface area (Å²) in [4.78, 5) is 3.12. The Morgan fingerprint density at radius 1 is 1.38 bits per heavy atom.